The largest absolute Gasteiger partial charge is 0.454 e. The van der Waals surface area contributed by atoms with Crippen molar-refractivity contribution in [2.24, 2.45) is 0 Å². The summed E-state index contributed by atoms with van der Waals surface area (Å²) < 4.78 is 13.2. The summed E-state index contributed by atoms with van der Waals surface area (Å²) in [5.41, 5.74) is 17.1. The molecule has 4 nitrogen and oxygen atoms in total. The molecular formula is C57H40N2O2. The van der Waals surface area contributed by atoms with Crippen LogP contribution in [-0.4, -0.2) is 0 Å². The Morgan fingerprint density at radius 1 is 0.344 bits per heavy atom. The second kappa shape index (κ2) is 13.6. The summed E-state index contributed by atoms with van der Waals surface area (Å²) in [6, 6.07) is 73.5. The second-order valence-corrected chi connectivity index (χ2v) is 16.5. The quantitative estimate of drug-likeness (QED) is 0.161. The lowest BCUT2D eigenvalue weighted by Gasteiger charge is -2.28. The van der Waals surface area contributed by atoms with Crippen LogP contribution in [0.3, 0.4) is 0 Å². The fourth-order valence-electron chi connectivity index (χ4n) is 9.69. The summed E-state index contributed by atoms with van der Waals surface area (Å²) in [6.45, 7) is 4.72. The molecule has 0 amide bonds. The highest BCUT2D eigenvalue weighted by atomic mass is 16.3. The maximum atomic E-state index is 6.60. The van der Waals surface area contributed by atoms with E-state index in [2.05, 4.69) is 206 Å². The number of para-hydroxylation sites is 6. The Balaban J connectivity index is 0.951. The van der Waals surface area contributed by atoms with Crippen molar-refractivity contribution < 1.29 is 8.83 Å². The summed E-state index contributed by atoms with van der Waals surface area (Å²) in [6.07, 6.45) is 0. The van der Waals surface area contributed by atoms with Crippen molar-refractivity contribution in [3.05, 3.63) is 217 Å². The van der Waals surface area contributed by atoms with Crippen molar-refractivity contribution in [3.8, 4) is 22.3 Å². The van der Waals surface area contributed by atoms with Gasteiger partial charge >= 0.3 is 0 Å². The number of hydrogen-bond donors (Lipinski definition) is 0. The molecule has 12 rings (SSSR count). The number of fused-ring (bicyclic) bond motifs is 9. The molecule has 9 aromatic carbocycles. The molecule has 0 saturated carbocycles. The van der Waals surface area contributed by atoms with E-state index in [9.17, 15) is 0 Å². The van der Waals surface area contributed by atoms with E-state index in [0.29, 0.717) is 0 Å². The van der Waals surface area contributed by atoms with Gasteiger partial charge in [0.15, 0.2) is 11.2 Å². The van der Waals surface area contributed by atoms with Gasteiger partial charge in [-0.15, -0.1) is 0 Å². The third-order valence-corrected chi connectivity index (χ3v) is 12.6. The normalized spacial score (nSPS) is 12.9. The van der Waals surface area contributed by atoms with Crippen LogP contribution in [0.5, 0.6) is 0 Å². The van der Waals surface area contributed by atoms with Gasteiger partial charge in [0, 0.05) is 49.7 Å². The van der Waals surface area contributed by atoms with Gasteiger partial charge in [-0.2, -0.15) is 0 Å². The molecule has 0 saturated heterocycles. The van der Waals surface area contributed by atoms with Crippen LogP contribution in [0.4, 0.5) is 34.1 Å². The highest BCUT2D eigenvalue weighted by Gasteiger charge is 2.36. The Bertz CT molecular complexity index is 3470. The van der Waals surface area contributed by atoms with Crippen LogP contribution in [0.2, 0.25) is 0 Å². The van der Waals surface area contributed by atoms with Gasteiger partial charge in [-0.3, -0.25) is 0 Å². The first-order valence-corrected chi connectivity index (χ1v) is 20.9. The molecule has 0 unspecified atom stereocenters. The van der Waals surface area contributed by atoms with Crippen LogP contribution in [0.1, 0.15) is 25.0 Å². The Morgan fingerprint density at radius 3 is 1.38 bits per heavy atom. The van der Waals surface area contributed by atoms with E-state index in [1.807, 2.05) is 24.3 Å². The SMILES string of the molecule is CC1(C)c2cc(-c3cccc(N(c4ccccc4)c4cccc5c4oc4ccccc45)c3)ccc2-c2ccc(N(c3ccccc3)c3cccc4c3oc3ccccc34)cc21. The number of anilines is 6. The van der Waals surface area contributed by atoms with Crippen molar-refractivity contribution >= 4 is 78.0 Å². The second-order valence-electron chi connectivity index (χ2n) is 16.5. The van der Waals surface area contributed by atoms with Gasteiger partial charge in [0.05, 0.1) is 11.4 Å². The fraction of sp³-hybridized carbons (Fsp3) is 0.0526. The van der Waals surface area contributed by atoms with Crippen LogP contribution >= 0.6 is 0 Å². The zero-order valence-electron chi connectivity index (χ0n) is 33.8. The van der Waals surface area contributed by atoms with E-state index < -0.39 is 0 Å². The molecule has 2 aromatic heterocycles. The van der Waals surface area contributed by atoms with Crippen molar-refractivity contribution in [1.82, 2.24) is 0 Å². The third-order valence-electron chi connectivity index (χ3n) is 12.6. The molecule has 0 atom stereocenters. The number of furan rings is 2. The minimum absolute atomic E-state index is 0.255. The molecule has 0 spiro atoms. The van der Waals surface area contributed by atoms with E-state index in [1.165, 1.54) is 27.8 Å². The molecular weight excluding hydrogens is 745 g/mol. The van der Waals surface area contributed by atoms with Crippen molar-refractivity contribution in [2.75, 3.05) is 9.80 Å². The van der Waals surface area contributed by atoms with Crippen LogP contribution in [0.15, 0.2) is 215 Å². The van der Waals surface area contributed by atoms with Gasteiger partial charge in [-0.25, -0.2) is 0 Å². The molecule has 1 aliphatic rings. The highest BCUT2D eigenvalue weighted by Crippen LogP contribution is 2.52. The van der Waals surface area contributed by atoms with Crippen molar-refractivity contribution in [2.45, 2.75) is 19.3 Å². The zero-order valence-corrected chi connectivity index (χ0v) is 33.8. The van der Waals surface area contributed by atoms with E-state index in [1.54, 1.807) is 0 Å². The van der Waals surface area contributed by atoms with Gasteiger partial charge < -0.3 is 18.6 Å². The first kappa shape index (κ1) is 35.2. The lowest BCUT2D eigenvalue weighted by molar-refractivity contribution is 0.660. The maximum absolute atomic E-state index is 6.60. The number of benzene rings is 9. The van der Waals surface area contributed by atoms with Crippen molar-refractivity contribution in [3.63, 3.8) is 0 Å². The van der Waals surface area contributed by atoms with E-state index >= 15 is 0 Å². The molecule has 0 fully saturated rings. The summed E-state index contributed by atoms with van der Waals surface area (Å²) in [4.78, 5) is 4.65. The fourth-order valence-corrected chi connectivity index (χ4v) is 9.69. The predicted octanol–water partition coefficient (Wildman–Crippen LogP) is 16.4. The lowest BCUT2D eigenvalue weighted by Crippen LogP contribution is -2.16. The highest BCUT2D eigenvalue weighted by molar-refractivity contribution is 6.11. The average Bonchev–Trinajstić information content (AvgIpc) is 3.96. The molecule has 61 heavy (non-hydrogen) atoms. The van der Waals surface area contributed by atoms with E-state index in [-0.39, 0.29) is 5.41 Å². The van der Waals surface area contributed by atoms with Gasteiger partial charge in [0.25, 0.3) is 0 Å². The molecule has 0 N–H and O–H groups in total. The van der Waals surface area contributed by atoms with Gasteiger partial charge in [-0.1, -0.05) is 141 Å². The van der Waals surface area contributed by atoms with Crippen LogP contribution < -0.4 is 9.80 Å². The van der Waals surface area contributed by atoms with Gasteiger partial charge in [-0.05, 0) is 112 Å². The Labute approximate surface area is 354 Å². The Morgan fingerprint density at radius 2 is 0.787 bits per heavy atom. The monoisotopic (exact) mass is 784 g/mol. The zero-order chi connectivity index (χ0) is 40.7. The minimum Gasteiger partial charge on any atom is -0.454 e. The minimum atomic E-state index is -0.255. The van der Waals surface area contributed by atoms with Crippen LogP contribution in [-0.2, 0) is 5.41 Å². The van der Waals surface area contributed by atoms with Gasteiger partial charge in [0.1, 0.15) is 11.2 Å². The molecule has 0 radical (unpaired) electrons. The summed E-state index contributed by atoms with van der Waals surface area (Å²) in [5, 5.41) is 4.45. The standard InChI is InChI=1S/C57H40N2O2/c1-57(2)49-35-38(37-16-13-21-41(34-37)58(39-17-5-3-6-18-39)51-26-14-24-47-45-22-9-11-28-53(45)60-55(47)51)30-32-43(49)44-33-31-42(36-50(44)57)59(40-19-7-4-8-20-40)52-27-15-25-48-46-23-10-12-29-54(46)61-56(48)52/h3-36H,1-2H3. The first-order valence-electron chi connectivity index (χ1n) is 20.9. The van der Waals surface area contributed by atoms with Crippen LogP contribution in [0.25, 0.3) is 66.1 Å². The molecule has 11 aromatic rings. The van der Waals surface area contributed by atoms with E-state index in [4.69, 9.17) is 8.83 Å². The predicted molar refractivity (Wildman–Crippen MR) is 253 cm³/mol. The number of hydrogen-bond acceptors (Lipinski definition) is 4. The molecule has 0 aliphatic heterocycles. The molecule has 290 valence electrons. The summed E-state index contributed by atoms with van der Waals surface area (Å²) in [5.74, 6) is 0. The maximum Gasteiger partial charge on any atom is 0.159 e. The number of nitrogens with zero attached hydrogens (tertiary/aromatic N) is 2. The lowest BCUT2D eigenvalue weighted by atomic mass is 9.81. The average molecular weight is 785 g/mol. The molecule has 1 aliphatic carbocycles. The summed E-state index contributed by atoms with van der Waals surface area (Å²) in [7, 11) is 0. The first-order chi connectivity index (χ1) is 30.0. The third kappa shape index (κ3) is 5.53. The summed E-state index contributed by atoms with van der Waals surface area (Å²) >= 11 is 0. The molecule has 0 bridgehead atoms. The topological polar surface area (TPSA) is 32.8 Å². The van der Waals surface area contributed by atoms with Gasteiger partial charge in [0.2, 0.25) is 0 Å². The van der Waals surface area contributed by atoms with E-state index in [0.717, 1.165) is 83.6 Å². The molecule has 4 heteroatoms. The smallest absolute Gasteiger partial charge is 0.159 e. The number of rotatable bonds is 7. The Hall–Kier alpha value is -7.82. The van der Waals surface area contributed by atoms with Crippen LogP contribution in [0, 0.1) is 0 Å². The van der Waals surface area contributed by atoms with Crippen molar-refractivity contribution in [1.29, 1.82) is 0 Å². The Kier molecular flexibility index (Phi) is 7.85. The molecule has 2 heterocycles.